The minimum absolute atomic E-state index is 0.0693. The number of hydrogen-bond acceptors (Lipinski definition) is 6. The summed E-state index contributed by atoms with van der Waals surface area (Å²) in [6.45, 7) is 1.56. The van der Waals surface area contributed by atoms with Crippen molar-refractivity contribution in [2.45, 2.75) is 11.1 Å². The van der Waals surface area contributed by atoms with Crippen molar-refractivity contribution in [3.8, 4) is 0 Å². The number of piperazine rings is 1. The third-order valence-electron chi connectivity index (χ3n) is 5.12. The third kappa shape index (κ3) is 5.31. The SMILES string of the molecule is O=S(=O)(Nc1ccc(N2CCN(c3ncccc3C(F)(F)F)CC2)nc1)c1ccc(Cl)cc1. The lowest BCUT2D eigenvalue weighted by Gasteiger charge is -2.36. The molecule has 2 aromatic heterocycles. The largest absolute Gasteiger partial charge is 0.419 e. The number of rotatable bonds is 5. The Balaban J connectivity index is 1.41. The van der Waals surface area contributed by atoms with E-state index in [4.69, 9.17) is 11.6 Å². The molecule has 0 amide bonds. The van der Waals surface area contributed by atoms with E-state index < -0.39 is 21.8 Å². The Morgan fingerprint density at radius 2 is 1.58 bits per heavy atom. The quantitative estimate of drug-likeness (QED) is 0.567. The van der Waals surface area contributed by atoms with Crippen molar-refractivity contribution in [2.75, 3.05) is 40.7 Å². The maximum atomic E-state index is 13.3. The summed E-state index contributed by atoms with van der Waals surface area (Å²) in [6, 6.07) is 11.3. The molecular weight excluding hydrogens is 479 g/mol. The van der Waals surface area contributed by atoms with E-state index in [0.29, 0.717) is 37.0 Å². The standard InChI is InChI=1S/C21H19ClF3N5O2S/c22-15-3-6-17(7-4-15)33(31,32)28-16-5-8-19(27-14-16)29-10-12-30(13-11-29)20-18(21(23,24)25)2-1-9-26-20/h1-9,14,28H,10-13H2. The molecule has 4 rings (SSSR count). The second-order valence-corrected chi connectivity index (χ2v) is 9.43. The summed E-state index contributed by atoms with van der Waals surface area (Å²) in [7, 11) is -3.79. The van der Waals surface area contributed by atoms with Crippen molar-refractivity contribution >= 4 is 38.9 Å². The molecule has 3 heterocycles. The van der Waals surface area contributed by atoms with Gasteiger partial charge in [-0.1, -0.05) is 11.6 Å². The van der Waals surface area contributed by atoms with Crippen LogP contribution in [0.2, 0.25) is 5.02 Å². The highest BCUT2D eigenvalue weighted by atomic mass is 35.5. The molecule has 12 heteroatoms. The lowest BCUT2D eigenvalue weighted by molar-refractivity contribution is -0.137. The van der Waals surface area contributed by atoms with Crippen LogP contribution in [0.15, 0.2) is 65.8 Å². The van der Waals surface area contributed by atoms with Crippen LogP contribution in [0, 0.1) is 0 Å². The number of nitrogens with zero attached hydrogens (tertiary/aromatic N) is 4. The minimum Gasteiger partial charge on any atom is -0.353 e. The molecule has 0 unspecified atom stereocenters. The highest BCUT2D eigenvalue weighted by Gasteiger charge is 2.36. The van der Waals surface area contributed by atoms with Gasteiger partial charge < -0.3 is 9.80 Å². The van der Waals surface area contributed by atoms with Gasteiger partial charge in [0, 0.05) is 37.4 Å². The molecule has 3 aromatic rings. The summed E-state index contributed by atoms with van der Waals surface area (Å²) in [4.78, 5) is 11.8. The number of nitrogens with one attached hydrogen (secondary N) is 1. The van der Waals surface area contributed by atoms with Crippen molar-refractivity contribution in [3.05, 3.63) is 71.5 Å². The van der Waals surface area contributed by atoms with Crippen LogP contribution in [-0.2, 0) is 16.2 Å². The van der Waals surface area contributed by atoms with Gasteiger partial charge in [-0.3, -0.25) is 4.72 Å². The molecule has 1 fully saturated rings. The molecule has 1 N–H and O–H groups in total. The predicted octanol–water partition coefficient (Wildman–Crippen LogP) is 4.28. The predicted molar refractivity (Wildman–Crippen MR) is 120 cm³/mol. The molecule has 174 valence electrons. The van der Waals surface area contributed by atoms with Crippen LogP contribution in [0.4, 0.5) is 30.5 Å². The summed E-state index contributed by atoms with van der Waals surface area (Å²) in [5.74, 6) is 0.519. The van der Waals surface area contributed by atoms with Gasteiger partial charge in [-0.25, -0.2) is 18.4 Å². The highest BCUT2D eigenvalue weighted by molar-refractivity contribution is 7.92. The smallest absolute Gasteiger partial charge is 0.353 e. The molecule has 0 atom stereocenters. The minimum atomic E-state index is -4.47. The van der Waals surface area contributed by atoms with Crippen LogP contribution in [0.5, 0.6) is 0 Å². The zero-order valence-corrected chi connectivity index (χ0v) is 18.7. The first-order chi connectivity index (χ1) is 15.6. The van der Waals surface area contributed by atoms with Gasteiger partial charge in [0.05, 0.1) is 22.3 Å². The van der Waals surface area contributed by atoms with E-state index >= 15 is 0 Å². The zero-order valence-electron chi connectivity index (χ0n) is 17.1. The van der Waals surface area contributed by atoms with E-state index in [1.807, 2.05) is 4.90 Å². The van der Waals surface area contributed by atoms with Crippen LogP contribution in [0.25, 0.3) is 0 Å². The van der Waals surface area contributed by atoms with Gasteiger partial charge in [0.2, 0.25) is 0 Å². The van der Waals surface area contributed by atoms with E-state index in [1.165, 1.54) is 42.7 Å². The molecule has 7 nitrogen and oxygen atoms in total. The van der Waals surface area contributed by atoms with E-state index in [9.17, 15) is 21.6 Å². The Hall–Kier alpha value is -3.05. The van der Waals surface area contributed by atoms with Gasteiger partial charge in [0.15, 0.2) is 0 Å². The Kier molecular flexibility index (Phi) is 6.35. The number of sulfonamides is 1. The van der Waals surface area contributed by atoms with Crippen LogP contribution < -0.4 is 14.5 Å². The van der Waals surface area contributed by atoms with Crippen LogP contribution in [0.3, 0.4) is 0 Å². The van der Waals surface area contributed by atoms with E-state index in [2.05, 4.69) is 14.7 Å². The van der Waals surface area contributed by atoms with E-state index in [0.717, 1.165) is 6.07 Å². The topological polar surface area (TPSA) is 78.4 Å². The van der Waals surface area contributed by atoms with Gasteiger partial charge in [-0.15, -0.1) is 0 Å². The second-order valence-electron chi connectivity index (χ2n) is 7.31. The van der Waals surface area contributed by atoms with Crippen molar-refractivity contribution < 1.29 is 21.6 Å². The summed E-state index contributed by atoms with van der Waals surface area (Å²) in [5.41, 5.74) is -0.468. The number of alkyl halides is 3. The number of anilines is 3. The summed E-state index contributed by atoms with van der Waals surface area (Å²) < 4.78 is 67.3. The fourth-order valence-corrected chi connectivity index (χ4v) is 4.65. The maximum absolute atomic E-state index is 13.3. The summed E-state index contributed by atoms with van der Waals surface area (Å²) in [6.07, 6.45) is -1.73. The summed E-state index contributed by atoms with van der Waals surface area (Å²) >= 11 is 5.80. The Labute approximate surface area is 193 Å². The number of aromatic nitrogens is 2. The van der Waals surface area contributed by atoms with Crippen molar-refractivity contribution in [2.24, 2.45) is 0 Å². The average Bonchev–Trinajstić information content (AvgIpc) is 2.79. The van der Waals surface area contributed by atoms with E-state index in [-0.39, 0.29) is 16.4 Å². The van der Waals surface area contributed by atoms with Gasteiger partial charge in [-0.2, -0.15) is 13.2 Å². The fourth-order valence-electron chi connectivity index (χ4n) is 3.48. The van der Waals surface area contributed by atoms with Crippen molar-refractivity contribution in [1.82, 2.24) is 9.97 Å². The molecule has 1 saturated heterocycles. The highest BCUT2D eigenvalue weighted by Crippen LogP contribution is 2.35. The number of benzene rings is 1. The Morgan fingerprint density at radius 1 is 0.909 bits per heavy atom. The van der Waals surface area contributed by atoms with Gasteiger partial charge in [0.1, 0.15) is 11.6 Å². The molecule has 0 radical (unpaired) electrons. The molecular formula is C21H19ClF3N5O2S. The Morgan fingerprint density at radius 3 is 2.18 bits per heavy atom. The molecule has 1 aromatic carbocycles. The van der Waals surface area contributed by atoms with Gasteiger partial charge in [-0.05, 0) is 48.5 Å². The lowest BCUT2D eigenvalue weighted by Crippen LogP contribution is -2.47. The van der Waals surface area contributed by atoms with Gasteiger partial charge in [0.25, 0.3) is 10.0 Å². The maximum Gasteiger partial charge on any atom is 0.419 e. The molecule has 1 aliphatic rings. The first-order valence-corrected chi connectivity index (χ1v) is 11.8. The molecule has 1 aliphatic heterocycles. The molecule has 0 spiro atoms. The summed E-state index contributed by atoms with van der Waals surface area (Å²) in [5, 5.41) is 0.428. The lowest BCUT2D eigenvalue weighted by atomic mass is 10.2. The molecule has 0 aliphatic carbocycles. The van der Waals surface area contributed by atoms with Crippen LogP contribution in [0.1, 0.15) is 5.56 Å². The van der Waals surface area contributed by atoms with Crippen molar-refractivity contribution in [3.63, 3.8) is 0 Å². The fraction of sp³-hybridized carbons (Fsp3) is 0.238. The number of pyridine rings is 2. The number of halogens is 4. The zero-order chi connectivity index (χ0) is 23.6. The van der Waals surface area contributed by atoms with E-state index in [1.54, 1.807) is 17.0 Å². The van der Waals surface area contributed by atoms with Gasteiger partial charge >= 0.3 is 6.18 Å². The van der Waals surface area contributed by atoms with Crippen molar-refractivity contribution in [1.29, 1.82) is 0 Å². The monoisotopic (exact) mass is 497 g/mol. The molecule has 33 heavy (non-hydrogen) atoms. The molecule has 0 bridgehead atoms. The third-order valence-corrected chi connectivity index (χ3v) is 6.77. The first kappa shape index (κ1) is 23.1. The first-order valence-electron chi connectivity index (χ1n) is 9.90. The van der Waals surface area contributed by atoms with Crippen LogP contribution in [-0.4, -0.2) is 44.6 Å². The number of hydrogen-bond donors (Lipinski definition) is 1. The average molecular weight is 498 g/mol. The normalized spacial score (nSPS) is 14.9. The van der Waals surface area contributed by atoms with Crippen LogP contribution >= 0.6 is 11.6 Å². The second kappa shape index (κ2) is 9.06. The Bertz CT molecular complexity index is 1210. The molecule has 0 saturated carbocycles.